The lowest BCUT2D eigenvalue weighted by Crippen LogP contribution is -2.36. The molecular weight excluding hydrogens is 254 g/mol. The highest BCUT2D eigenvalue weighted by molar-refractivity contribution is 5.67. The molecule has 0 saturated carbocycles. The molecule has 1 rings (SSSR count). The molecule has 20 heavy (non-hydrogen) atoms. The summed E-state index contributed by atoms with van der Waals surface area (Å²) in [5.74, 6) is 0.219. The van der Waals surface area contributed by atoms with Crippen LogP contribution in [0.2, 0.25) is 0 Å². The molecule has 0 aliphatic carbocycles. The average molecular weight is 279 g/mol. The molecule has 4 heteroatoms. The van der Waals surface area contributed by atoms with Crippen LogP contribution in [0.5, 0.6) is 0 Å². The molecule has 112 valence electrons. The van der Waals surface area contributed by atoms with Gasteiger partial charge in [-0.15, -0.1) is 0 Å². The lowest BCUT2D eigenvalue weighted by Gasteiger charge is -2.30. The van der Waals surface area contributed by atoms with E-state index in [4.69, 9.17) is 9.84 Å². The van der Waals surface area contributed by atoms with Crippen molar-refractivity contribution in [3.05, 3.63) is 35.9 Å². The van der Waals surface area contributed by atoms with Crippen molar-refractivity contribution in [1.29, 1.82) is 0 Å². The molecule has 1 aromatic carbocycles. The van der Waals surface area contributed by atoms with Crippen molar-refractivity contribution in [3.8, 4) is 0 Å². The zero-order chi connectivity index (χ0) is 15.0. The van der Waals surface area contributed by atoms with E-state index in [-0.39, 0.29) is 24.5 Å². The van der Waals surface area contributed by atoms with E-state index in [1.165, 1.54) is 0 Å². The fraction of sp³-hybridized carbons (Fsp3) is 0.562. The maximum Gasteiger partial charge on any atom is 0.407 e. The fourth-order valence-electron chi connectivity index (χ4n) is 1.98. The van der Waals surface area contributed by atoms with Crippen LogP contribution in [0.15, 0.2) is 30.3 Å². The van der Waals surface area contributed by atoms with E-state index >= 15 is 0 Å². The number of aliphatic hydroxyl groups is 1. The third-order valence-electron chi connectivity index (χ3n) is 3.41. The lowest BCUT2D eigenvalue weighted by atomic mass is 9.79. The smallest absolute Gasteiger partial charge is 0.407 e. The normalized spacial score (nSPS) is 12.8. The molecule has 1 amide bonds. The van der Waals surface area contributed by atoms with E-state index < -0.39 is 6.09 Å². The van der Waals surface area contributed by atoms with Crippen LogP contribution in [0.3, 0.4) is 0 Å². The molecule has 1 aromatic rings. The summed E-state index contributed by atoms with van der Waals surface area (Å²) in [7, 11) is 0. The number of benzene rings is 1. The third kappa shape index (κ3) is 6.06. The minimum Gasteiger partial charge on any atom is -0.445 e. The number of amides is 1. The Morgan fingerprint density at radius 1 is 1.30 bits per heavy atom. The van der Waals surface area contributed by atoms with Crippen molar-refractivity contribution in [1.82, 2.24) is 5.32 Å². The Bertz CT molecular complexity index is 398. The number of hydrogen-bond donors (Lipinski definition) is 2. The van der Waals surface area contributed by atoms with Gasteiger partial charge in [-0.1, -0.05) is 51.1 Å². The molecule has 0 fully saturated rings. The third-order valence-corrected chi connectivity index (χ3v) is 3.41. The Morgan fingerprint density at radius 2 is 1.95 bits per heavy atom. The Hall–Kier alpha value is -1.55. The Labute approximate surface area is 121 Å². The molecule has 0 radical (unpaired) electrons. The number of aliphatic hydroxyl groups excluding tert-OH is 1. The number of alkyl carbamates (subject to hydrolysis) is 1. The van der Waals surface area contributed by atoms with Crippen molar-refractivity contribution in [2.24, 2.45) is 11.3 Å². The van der Waals surface area contributed by atoms with E-state index in [2.05, 4.69) is 26.1 Å². The van der Waals surface area contributed by atoms with Gasteiger partial charge < -0.3 is 15.2 Å². The van der Waals surface area contributed by atoms with Crippen molar-refractivity contribution in [2.45, 2.75) is 33.8 Å². The van der Waals surface area contributed by atoms with Gasteiger partial charge >= 0.3 is 6.09 Å². The summed E-state index contributed by atoms with van der Waals surface area (Å²) in [6.07, 6.45) is 0.253. The molecule has 0 spiro atoms. The first-order valence-corrected chi connectivity index (χ1v) is 6.99. The van der Waals surface area contributed by atoms with Crippen LogP contribution in [0, 0.1) is 11.3 Å². The van der Waals surface area contributed by atoms with E-state index in [0.29, 0.717) is 13.0 Å². The average Bonchev–Trinajstić information content (AvgIpc) is 2.41. The highest BCUT2D eigenvalue weighted by Gasteiger charge is 2.24. The fourth-order valence-corrected chi connectivity index (χ4v) is 1.98. The molecule has 4 nitrogen and oxygen atoms in total. The predicted molar refractivity (Wildman–Crippen MR) is 79.3 cm³/mol. The SMILES string of the molecule is CC(C)(C)C(CCO)CNC(=O)OCc1ccccc1. The van der Waals surface area contributed by atoms with Gasteiger partial charge in [-0.3, -0.25) is 0 Å². The van der Waals surface area contributed by atoms with Crippen LogP contribution in [0.1, 0.15) is 32.8 Å². The highest BCUT2D eigenvalue weighted by atomic mass is 16.5. The maximum atomic E-state index is 11.7. The topological polar surface area (TPSA) is 58.6 Å². The van der Waals surface area contributed by atoms with Gasteiger partial charge in [0.1, 0.15) is 6.61 Å². The first-order chi connectivity index (χ1) is 9.43. The molecule has 2 N–H and O–H groups in total. The molecule has 1 unspecified atom stereocenters. The summed E-state index contributed by atoms with van der Waals surface area (Å²) >= 11 is 0. The van der Waals surface area contributed by atoms with Gasteiger partial charge in [0.15, 0.2) is 0 Å². The van der Waals surface area contributed by atoms with E-state index in [1.54, 1.807) is 0 Å². The maximum absolute atomic E-state index is 11.7. The quantitative estimate of drug-likeness (QED) is 0.841. The number of carbonyl (C=O) groups is 1. The molecular formula is C16H25NO3. The second kappa shape index (κ2) is 7.90. The minimum absolute atomic E-state index is 0.0371. The number of rotatable bonds is 6. The standard InChI is InChI=1S/C16H25NO3/c1-16(2,3)14(9-10-18)11-17-15(19)20-12-13-7-5-4-6-8-13/h4-8,14,18H,9-12H2,1-3H3,(H,17,19). The summed E-state index contributed by atoms with van der Waals surface area (Å²) in [5, 5.41) is 11.8. The van der Waals surface area contributed by atoms with Crippen molar-refractivity contribution >= 4 is 6.09 Å². The summed E-state index contributed by atoms with van der Waals surface area (Å²) in [6, 6.07) is 9.57. The molecule has 0 aliphatic heterocycles. The van der Waals surface area contributed by atoms with Crippen molar-refractivity contribution < 1.29 is 14.6 Å². The summed E-state index contributed by atoms with van der Waals surface area (Å²) < 4.78 is 5.16. The van der Waals surface area contributed by atoms with Gasteiger partial charge in [-0.05, 0) is 23.3 Å². The van der Waals surface area contributed by atoms with Crippen molar-refractivity contribution in [2.75, 3.05) is 13.2 Å². The highest BCUT2D eigenvalue weighted by Crippen LogP contribution is 2.27. The molecule has 0 saturated heterocycles. The second-order valence-corrected chi connectivity index (χ2v) is 6.02. The summed E-state index contributed by atoms with van der Waals surface area (Å²) in [4.78, 5) is 11.7. The Morgan fingerprint density at radius 3 is 2.50 bits per heavy atom. The first-order valence-electron chi connectivity index (χ1n) is 6.99. The van der Waals surface area contributed by atoms with Crippen LogP contribution < -0.4 is 5.32 Å². The number of carbonyl (C=O) groups excluding carboxylic acids is 1. The van der Waals surface area contributed by atoms with Crippen LogP contribution in [-0.2, 0) is 11.3 Å². The van der Waals surface area contributed by atoms with Gasteiger partial charge in [0, 0.05) is 13.2 Å². The molecule has 1 atom stereocenters. The number of ether oxygens (including phenoxy) is 1. The summed E-state index contributed by atoms with van der Waals surface area (Å²) in [6.45, 7) is 7.21. The largest absolute Gasteiger partial charge is 0.445 e. The monoisotopic (exact) mass is 279 g/mol. The zero-order valence-corrected chi connectivity index (χ0v) is 12.6. The molecule has 0 aromatic heterocycles. The van der Waals surface area contributed by atoms with E-state index in [1.807, 2.05) is 30.3 Å². The Kier molecular flexibility index (Phi) is 6.52. The summed E-state index contributed by atoms with van der Waals surface area (Å²) in [5.41, 5.74) is 1.00. The Balaban J connectivity index is 2.35. The number of nitrogens with one attached hydrogen (secondary N) is 1. The van der Waals surface area contributed by atoms with Gasteiger partial charge in [-0.25, -0.2) is 4.79 Å². The van der Waals surface area contributed by atoms with Gasteiger partial charge in [0.2, 0.25) is 0 Å². The van der Waals surface area contributed by atoms with Crippen LogP contribution in [-0.4, -0.2) is 24.4 Å². The second-order valence-electron chi connectivity index (χ2n) is 6.02. The van der Waals surface area contributed by atoms with E-state index in [0.717, 1.165) is 5.56 Å². The van der Waals surface area contributed by atoms with Gasteiger partial charge in [0.25, 0.3) is 0 Å². The predicted octanol–water partition coefficient (Wildman–Crippen LogP) is 2.96. The molecule has 0 heterocycles. The minimum atomic E-state index is -0.416. The van der Waals surface area contributed by atoms with Crippen molar-refractivity contribution in [3.63, 3.8) is 0 Å². The van der Waals surface area contributed by atoms with Gasteiger partial charge in [-0.2, -0.15) is 0 Å². The van der Waals surface area contributed by atoms with Gasteiger partial charge in [0.05, 0.1) is 0 Å². The van der Waals surface area contributed by atoms with Crippen LogP contribution in [0.25, 0.3) is 0 Å². The van der Waals surface area contributed by atoms with Crippen LogP contribution >= 0.6 is 0 Å². The van der Waals surface area contributed by atoms with E-state index in [9.17, 15) is 4.79 Å². The molecule has 0 aliphatic rings. The molecule has 0 bridgehead atoms. The zero-order valence-electron chi connectivity index (χ0n) is 12.6. The first kappa shape index (κ1) is 16.5. The number of hydrogen-bond acceptors (Lipinski definition) is 3. The van der Waals surface area contributed by atoms with Crippen LogP contribution in [0.4, 0.5) is 4.79 Å². The lowest BCUT2D eigenvalue weighted by molar-refractivity contribution is 0.127.